The monoisotopic (exact) mass is 245 g/mol. The molecule has 0 bridgehead atoms. The Hall–Kier alpha value is -2.08. The Morgan fingerprint density at radius 2 is 2.17 bits per heavy atom. The minimum absolute atomic E-state index is 0.174. The zero-order valence-electron chi connectivity index (χ0n) is 10.3. The molecule has 0 saturated carbocycles. The summed E-state index contributed by atoms with van der Waals surface area (Å²) in [6.45, 7) is 1.43. The zero-order valence-corrected chi connectivity index (χ0v) is 10.3. The Morgan fingerprint density at radius 1 is 1.39 bits per heavy atom. The van der Waals surface area contributed by atoms with Gasteiger partial charge in [0.05, 0.1) is 5.69 Å². The van der Waals surface area contributed by atoms with Crippen molar-refractivity contribution in [3.8, 4) is 0 Å². The van der Waals surface area contributed by atoms with Crippen LogP contribution < -0.4 is 10.5 Å². The highest BCUT2D eigenvalue weighted by atomic mass is 16.4. The molecule has 0 saturated heterocycles. The van der Waals surface area contributed by atoms with Crippen LogP contribution in [0.1, 0.15) is 12.5 Å². The summed E-state index contributed by atoms with van der Waals surface area (Å²) in [7, 11) is 2.92. The lowest BCUT2D eigenvalue weighted by atomic mass is 10.1. The Balaban J connectivity index is 2.99. The van der Waals surface area contributed by atoms with Gasteiger partial charge >= 0.3 is 7.62 Å². The number of carbonyl (C=O) groups excluding carboxylic acids is 2. The van der Waals surface area contributed by atoms with Crippen LogP contribution in [0.5, 0.6) is 0 Å². The molecule has 1 rings (SSSR count). The fourth-order valence-corrected chi connectivity index (χ4v) is 1.36. The van der Waals surface area contributed by atoms with Gasteiger partial charge in [0.1, 0.15) is 6.29 Å². The highest BCUT2D eigenvalue weighted by molar-refractivity contribution is 6.33. The summed E-state index contributed by atoms with van der Waals surface area (Å²) < 4.78 is 4.79. The fourth-order valence-electron chi connectivity index (χ4n) is 1.36. The second-order valence-electron chi connectivity index (χ2n) is 3.48. The predicted molar refractivity (Wildman–Crippen MR) is 72.2 cm³/mol. The Kier molecular flexibility index (Phi) is 5.66. The maximum atomic E-state index is 11.1. The SMILES string of the molecule is CO[B]Nc1ccc(/C=C/C=O)cc1NC(C)=O. The van der Waals surface area contributed by atoms with Crippen molar-refractivity contribution in [2.75, 3.05) is 17.7 Å². The van der Waals surface area contributed by atoms with Crippen molar-refractivity contribution < 1.29 is 14.2 Å². The molecule has 0 atom stereocenters. The molecule has 6 heteroatoms. The van der Waals surface area contributed by atoms with Crippen LogP contribution in [0.15, 0.2) is 24.3 Å². The molecule has 1 radical (unpaired) electrons. The number of nitrogens with one attached hydrogen (secondary N) is 2. The standard InChI is InChI=1S/C12H14BN2O3/c1-9(17)14-12-8-10(4-3-7-16)5-6-11(12)15-13-18-2/h3-8,15H,1-2H3,(H,14,17)/b4-3+. The van der Waals surface area contributed by atoms with Crippen LogP contribution in [-0.2, 0) is 14.2 Å². The number of anilines is 2. The summed E-state index contributed by atoms with van der Waals surface area (Å²) in [5.41, 5.74) is 2.13. The van der Waals surface area contributed by atoms with Gasteiger partial charge in [0.25, 0.3) is 0 Å². The molecule has 1 aromatic carbocycles. The first-order valence-corrected chi connectivity index (χ1v) is 5.32. The smallest absolute Gasteiger partial charge is 0.422 e. The quantitative estimate of drug-likeness (QED) is 0.452. The molecule has 1 amide bonds. The van der Waals surface area contributed by atoms with Crippen LogP contribution in [0, 0.1) is 0 Å². The van der Waals surface area contributed by atoms with E-state index in [4.69, 9.17) is 4.65 Å². The van der Waals surface area contributed by atoms with Gasteiger partial charge in [0, 0.05) is 19.7 Å². The largest absolute Gasteiger partial charge is 0.436 e. The van der Waals surface area contributed by atoms with Gasteiger partial charge in [-0.2, -0.15) is 0 Å². The van der Waals surface area contributed by atoms with Crippen LogP contribution in [0.4, 0.5) is 11.4 Å². The van der Waals surface area contributed by atoms with Gasteiger partial charge in [-0.15, -0.1) is 0 Å². The second kappa shape index (κ2) is 7.29. The second-order valence-corrected chi connectivity index (χ2v) is 3.48. The lowest BCUT2D eigenvalue weighted by Gasteiger charge is -2.11. The highest BCUT2D eigenvalue weighted by Crippen LogP contribution is 2.23. The van der Waals surface area contributed by atoms with Gasteiger partial charge in [-0.3, -0.25) is 9.59 Å². The fraction of sp³-hybridized carbons (Fsp3) is 0.167. The molecule has 0 spiro atoms. The summed E-state index contributed by atoms with van der Waals surface area (Å²) in [4.78, 5) is 21.4. The minimum atomic E-state index is -0.174. The van der Waals surface area contributed by atoms with E-state index in [9.17, 15) is 9.59 Å². The van der Waals surface area contributed by atoms with Crippen LogP contribution in [-0.4, -0.2) is 26.9 Å². The topological polar surface area (TPSA) is 67.4 Å². The maximum absolute atomic E-state index is 11.1. The summed E-state index contributed by atoms with van der Waals surface area (Å²) >= 11 is 0. The first-order chi connectivity index (χ1) is 8.67. The predicted octanol–water partition coefficient (Wildman–Crippen LogP) is 1.45. The minimum Gasteiger partial charge on any atom is -0.422 e. The molecule has 2 N–H and O–H groups in total. The highest BCUT2D eigenvalue weighted by Gasteiger charge is 2.05. The molecule has 0 aliphatic heterocycles. The summed E-state index contributed by atoms with van der Waals surface area (Å²) in [5, 5.41) is 5.60. The molecule has 0 aromatic heterocycles. The van der Waals surface area contributed by atoms with Crippen molar-refractivity contribution in [2.45, 2.75) is 6.92 Å². The van der Waals surface area contributed by atoms with Crippen molar-refractivity contribution in [2.24, 2.45) is 0 Å². The van der Waals surface area contributed by atoms with E-state index in [-0.39, 0.29) is 5.91 Å². The van der Waals surface area contributed by atoms with Crippen molar-refractivity contribution in [1.82, 2.24) is 0 Å². The molecule has 0 unspecified atom stereocenters. The Labute approximate surface area is 107 Å². The molecular formula is C12H14BN2O3. The Bertz CT molecular complexity index is 461. The number of allylic oxidation sites excluding steroid dienone is 1. The van der Waals surface area contributed by atoms with Crippen molar-refractivity contribution in [3.63, 3.8) is 0 Å². The third-order valence-electron chi connectivity index (χ3n) is 2.05. The van der Waals surface area contributed by atoms with Gasteiger partial charge in [0.15, 0.2) is 0 Å². The van der Waals surface area contributed by atoms with E-state index < -0.39 is 0 Å². The van der Waals surface area contributed by atoms with Gasteiger partial charge in [-0.25, -0.2) is 0 Å². The number of aldehydes is 1. The van der Waals surface area contributed by atoms with Gasteiger partial charge in [-0.1, -0.05) is 12.1 Å². The van der Waals surface area contributed by atoms with Gasteiger partial charge < -0.3 is 15.2 Å². The molecule has 0 aliphatic carbocycles. The summed E-state index contributed by atoms with van der Waals surface area (Å²) in [5.74, 6) is -0.174. The number of hydrogen-bond acceptors (Lipinski definition) is 4. The summed E-state index contributed by atoms with van der Waals surface area (Å²) in [6, 6.07) is 5.36. The first-order valence-electron chi connectivity index (χ1n) is 5.32. The van der Waals surface area contributed by atoms with Crippen molar-refractivity contribution in [1.29, 1.82) is 0 Å². The molecule has 93 valence electrons. The van der Waals surface area contributed by atoms with E-state index in [1.807, 2.05) is 6.07 Å². The first kappa shape index (κ1) is 14.0. The van der Waals surface area contributed by atoms with Crippen LogP contribution in [0.2, 0.25) is 0 Å². The average Bonchev–Trinajstić information content (AvgIpc) is 2.34. The normalized spacial score (nSPS) is 10.1. The van der Waals surface area contributed by atoms with E-state index in [0.29, 0.717) is 17.7 Å². The molecule has 0 fully saturated rings. The zero-order chi connectivity index (χ0) is 13.4. The van der Waals surface area contributed by atoms with E-state index in [1.165, 1.54) is 27.7 Å². The molecule has 18 heavy (non-hydrogen) atoms. The third-order valence-corrected chi connectivity index (χ3v) is 2.05. The lowest BCUT2D eigenvalue weighted by Crippen LogP contribution is -2.13. The van der Waals surface area contributed by atoms with E-state index in [0.717, 1.165) is 5.56 Å². The van der Waals surface area contributed by atoms with E-state index >= 15 is 0 Å². The lowest BCUT2D eigenvalue weighted by molar-refractivity contribution is -0.114. The van der Waals surface area contributed by atoms with Crippen molar-refractivity contribution in [3.05, 3.63) is 29.8 Å². The third kappa shape index (κ3) is 4.43. The van der Waals surface area contributed by atoms with Crippen LogP contribution in [0.3, 0.4) is 0 Å². The van der Waals surface area contributed by atoms with E-state index in [2.05, 4.69) is 10.5 Å². The van der Waals surface area contributed by atoms with Crippen molar-refractivity contribution >= 4 is 37.3 Å². The van der Waals surface area contributed by atoms with Crippen LogP contribution >= 0.6 is 0 Å². The average molecular weight is 245 g/mol. The van der Waals surface area contributed by atoms with Crippen LogP contribution in [0.25, 0.3) is 6.08 Å². The number of hydrogen-bond donors (Lipinski definition) is 2. The number of benzene rings is 1. The number of rotatable bonds is 6. The molecule has 0 heterocycles. The molecule has 1 aromatic rings. The van der Waals surface area contributed by atoms with Gasteiger partial charge in [-0.05, 0) is 23.8 Å². The van der Waals surface area contributed by atoms with Gasteiger partial charge in [0.2, 0.25) is 5.91 Å². The molecule has 0 aliphatic rings. The maximum Gasteiger partial charge on any atom is 0.436 e. The molecular weight excluding hydrogens is 231 g/mol. The van der Waals surface area contributed by atoms with E-state index in [1.54, 1.807) is 18.2 Å². The Morgan fingerprint density at radius 3 is 2.78 bits per heavy atom. The molecule has 5 nitrogen and oxygen atoms in total. The summed E-state index contributed by atoms with van der Waals surface area (Å²) in [6.07, 6.45) is 3.74. The number of amides is 1. The number of carbonyl (C=O) groups is 2.